The van der Waals surface area contributed by atoms with Crippen molar-refractivity contribution in [2.45, 2.75) is 39.0 Å². The summed E-state index contributed by atoms with van der Waals surface area (Å²) in [6, 6.07) is 0. The zero-order valence-electron chi connectivity index (χ0n) is 7.43. The summed E-state index contributed by atoms with van der Waals surface area (Å²) in [6.45, 7) is 2.04. The van der Waals surface area contributed by atoms with E-state index >= 15 is 0 Å². The van der Waals surface area contributed by atoms with Crippen molar-refractivity contribution in [1.29, 1.82) is 0 Å². The third kappa shape index (κ3) is 0.936. The Kier molecular flexibility index (Phi) is 1.60. The molecule has 2 aliphatic carbocycles. The Hall–Kier alpha value is -0.660. The van der Waals surface area contributed by atoms with Gasteiger partial charge in [0, 0.05) is 11.8 Å². The van der Waals surface area contributed by atoms with E-state index in [1.165, 1.54) is 0 Å². The van der Waals surface area contributed by atoms with Crippen molar-refractivity contribution in [3.8, 4) is 0 Å². The monoisotopic (exact) mass is 166 g/mol. The molecule has 2 unspecified atom stereocenters. The van der Waals surface area contributed by atoms with E-state index in [4.69, 9.17) is 0 Å². The molecule has 0 spiro atoms. The molecule has 0 bridgehead atoms. The third-order valence-corrected chi connectivity index (χ3v) is 3.62. The summed E-state index contributed by atoms with van der Waals surface area (Å²) in [4.78, 5) is 22.7. The van der Waals surface area contributed by atoms with E-state index in [2.05, 4.69) is 0 Å². The minimum Gasteiger partial charge on any atom is -0.299 e. The van der Waals surface area contributed by atoms with Crippen LogP contribution in [0.15, 0.2) is 0 Å². The highest BCUT2D eigenvalue weighted by Gasteiger charge is 2.48. The average molecular weight is 166 g/mol. The number of Topliss-reactive ketones (excluding diaryl/α,β-unsaturated/α-hetero) is 2. The summed E-state index contributed by atoms with van der Waals surface area (Å²) in [5.41, 5.74) is -0.131. The van der Waals surface area contributed by atoms with E-state index < -0.39 is 0 Å². The van der Waals surface area contributed by atoms with Gasteiger partial charge < -0.3 is 0 Å². The van der Waals surface area contributed by atoms with Crippen molar-refractivity contribution >= 4 is 11.6 Å². The number of carbonyl (C=O) groups is 2. The van der Waals surface area contributed by atoms with Crippen molar-refractivity contribution in [2.75, 3.05) is 0 Å². The molecule has 2 nitrogen and oxygen atoms in total. The van der Waals surface area contributed by atoms with Crippen LogP contribution in [0.2, 0.25) is 0 Å². The molecule has 2 rings (SSSR count). The molecular weight excluding hydrogens is 152 g/mol. The van der Waals surface area contributed by atoms with Gasteiger partial charge in [-0.2, -0.15) is 0 Å². The molecule has 0 aromatic carbocycles. The maximum atomic E-state index is 11.6. The molecule has 2 aliphatic rings. The second-order valence-electron chi connectivity index (χ2n) is 4.35. The molecule has 0 radical (unpaired) electrons. The molecule has 0 aliphatic heterocycles. The summed E-state index contributed by atoms with van der Waals surface area (Å²) < 4.78 is 0. The summed E-state index contributed by atoms with van der Waals surface area (Å²) >= 11 is 0. The highest BCUT2D eigenvalue weighted by Crippen LogP contribution is 2.48. The van der Waals surface area contributed by atoms with Gasteiger partial charge in [-0.3, -0.25) is 9.59 Å². The van der Waals surface area contributed by atoms with Gasteiger partial charge in [0.25, 0.3) is 0 Å². The van der Waals surface area contributed by atoms with Gasteiger partial charge in [0.2, 0.25) is 0 Å². The first-order valence-corrected chi connectivity index (χ1v) is 4.68. The topological polar surface area (TPSA) is 34.1 Å². The number of hydrogen-bond donors (Lipinski definition) is 0. The van der Waals surface area contributed by atoms with Crippen LogP contribution in [-0.2, 0) is 9.59 Å². The van der Waals surface area contributed by atoms with Crippen LogP contribution in [-0.4, -0.2) is 11.6 Å². The van der Waals surface area contributed by atoms with Crippen LogP contribution in [0.4, 0.5) is 0 Å². The van der Waals surface area contributed by atoms with E-state index in [-0.39, 0.29) is 23.4 Å². The van der Waals surface area contributed by atoms with Crippen molar-refractivity contribution in [3.05, 3.63) is 0 Å². The molecule has 0 saturated heterocycles. The molecule has 2 saturated carbocycles. The number of ketones is 2. The maximum Gasteiger partial charge on any atom is 0.146 e. The number of rotatable bonds is 0. The molecule has 0 amide bonds. The lowest BCUT2D eigenvalue weighted by atomic mass is 9.68. The van der Waals surface area contributed by atoms with Crippen LogP contribution in [0.3, 0.4) is 0 Å². The molecule has 2 heteroatoms. The largest absolute Gasteiger partial charge is 0.299 e. The second kappa shape index (κ2) is 2.41. The van der Waals surface area contributed by atoms with Gasteiger partial charge in [0.1, 0.15) is 11.6 Å². The molecule has 2 atom stereocenters. The lowest BCUT2D eigenvalue weighted by Gasteiger charge is -2.33. The molecule has 0 N–H and O–H groups in total. The van der Waals surface area contributed by atoms with E-state index in [9.17, 15) is 9.59 Å². The van der Waals surface area contributed by atoms with Crippen LogP contribution in [0.5, 0.6) is 0 Å². The predicted molar refractivity (Wildman–Crippen MR) is 44.7 cm³/mol. The van der Waals surface area contributed by atoms with Crippen molar-refractivity contribution < 1.29 is 9.59 Å². The molecule has 0 aromatic heterocycles. The van der Waals surface area contributed by atoms with Gasteiger partial charge in [-0.15, -0.1) is 0 Å². The molecular formula is C10H14O2. The molecule has 0 heterocycles. The van der Waals surface area contributed by atoms with Gasteiger partial charge in [-0.1, -0.05) is 13.3 Å². The van der Waals surface area contributed by atoms with Gasteiger partial charge >= 0.3 is 0 Å². The average Bonchev–Trinajstić information content (AvgIpc) is 2.33. The minimum absolute atomic E-state index is 0.131. The Morgan fingerprint density at radius 1 is 1.42 bits per heavy atom. The Morgan fingerprint density at radius 3 is 2.92 bits per heavy atom. The Bertz CT molecular complexity index is 244. The van der Waals surface area contributed by atoms with Crippen LogP contribution in [0.1, 0.15) is 39.0 Å². The standard InChI is InChI=1S/C10H14O2/c1-10-4-2-3-7(10)5-8(11)6-9(10)12/h7H,2-6H2,1H3. The van der Waals surface area contributed by atoms with Crippen LogP contribution in [0.25, 0.3) is 0 Å². The summed E-state index contributed by atoms with van der Waals surface area (Å²) in [7, 11) is 0. The fourth-order valence-electron chi connectivity index (χ4n) is 2.66. The highest BCUT2D eigenvalue weighted by molar-refractivity contribution is 6.04. The summed E-state index contributed by atoms with van der Waals surface area (Å²) in [6.07, 6.45) is 4.06. The van der Waals surface area contributed by atoms with E-state index in [1.54, 1.807) is 0 Å². The van der Waals surface area contributed by atoms with Crippen LogP contribution in [0, 0.1) is 11.3 Å². The number of hydrogen-bond acceptors (Lipinski definition) is 2. The molecule has 66 valence electrons. The Balaban J connectivity index is 2.28. The van der Waals surface area contributed by atoms with Crippen LogP contribution < -0.4 is 0 Å². The quantitative estimate of drug-likeness (QED) is 0.513. The minimum atomic E-state index is -0.131. The zero-order chi connectivity index (χ0) is 8.77. The lowest BCUT2D eigenvalue weighted by molar-refractivity contribution is -0.139. The first-order chi connectivity index (χ1) is 5.63. The Labute approximate surface area is 72.3 Å². The van der Waals surface area contributed by atoms with Crippen molar-refractivity contribution in [3.63, 3.8) is 0 Å². The third-order valence-electron chi connectivity index (χ3n) is 3.62. The smallest absolute Gasteiger partial charge is 0.146 e. The fourth-order valence-corrected chi connectivity index (χ4v) is 2.66. The molecule has 0 aromatic rings. The number of fused-ring (bicyclic) bond motifs is 1. The first-order valence-electron chi connectivity index (χ1n) is 4.68. The zero-order valence-corrected chi connectivity index (χ0v) is 7.43. The van der Waals surface area contributed by atoms with Gasteiger partial charge in [0.05, 0.1) is 6.42 Å². The lowest BCUT2D eigenvalue weighted by Crippen LogP contribution is -2.39. The SMILES string of the molecule is CC12CCCC1CC(=O)CC2=O. The second-order valence-corrected chi connectivity index (χ2v) is 4.35. The van der Waals surface area contributed by atoms with Crippen molar-refractivity contribution in [2.24, 2.45) is 11.3 Å². The molecule has 2 fully saturated rings. The van der Waals surface area contributed by atoms with Gasteiger partial charge in [0.15, 0.2) is 0 Å². The molecule has 12 heavy (non-hydrogen) atoms. The first kappa shape index (κ1) is 7.96. The maximum absolute atomic E-state index is 11.6. The normalized spacial score (nSPS) is 41.6. The summed E-state index contributed by atoms with van der Waals surface area (Å²) in [5.74, 6) is 0.719. The van der Waals surface area contributed by atoms with Crippen LogP contribution >= 0.6 is 0 Å². The van der Waals surface area contributed by atoms with Gasteiger partial charge in [-0.25, -0.2) is 0 Å². The fraction of sp³-hybridized carbons (Fsp3) is 0.800. The van der Waals surface area contributed by atoms with Crippen molar-refractivity contribution in [1.82, 2.24) is 0 Å². The van der Waals surface area contributed by atoms with Gasteiger partial charge in [-0.05, 0) is 18.8 Å². The van der Waals surface area contributed by atoms with E-state index in [1.807, 2.05) is 6.92 Å². The van der Waals surface area contributed by atoms with E-state index in [0.29, 0.717) is 12.3 Å². The number of carbonyl (C=O) groups excluding carboxylic acids is 2. The predicted octanol–water partition coefficient (Wildman–Crippen LogP) is 1.72. The summed E-state index contributed by atoms with van der Waals surface area (Å²) in [5, 5.41) is 0. The van der Waals surface area contributed by atoms with E-state index in [0.717, 1.165) is 19.3 Å². The highest BCUT2D eigenvalue weighted by atomic mass is 16.2. The Morgan fingerprint density at radius 2 is 2.17 bits per heavy atom.